The highest BCUT2D eigenvalue weighted by atomic mass is 35.5. The highest BCUT2D eigenvalue weighted by Crippen LogP contribution is 2.27. The molecule has 0 radical (unpaired) electrons. The minimum Gasteiger partial charge on any atom is -0.490 e. The predicted octanol–water partition coefficient (Wildman–Crippen LogP) is 5.27. The number of benzene rings is 2. The number of halogens is 1. The van der Waals surface area contributed by atoms with Crippen molar-refractivity contribution in [3.8, 4) is 5.75 Å². The van der Waals surface area contributed by atoms with E-state index in [9.17, 15) is 0 Å². The quantitative estimate of drug-likeness (QED) is 0.812. The zero-order chi connectivity index (χ0) is 14.5. The molecule has 0 aliphatic heterocycles. The number of para-hydroxylation sites is 1. The van der Waals surface area contributed by atoms with Crippen molar-refractivity contribution in [2.45, 2.75) is 38.3 Å². The van der Waals surface area contributed by atoms with E-state index in [1.54, 1.807) is 0 Å². The lowest BCUT2D eigenvalue weighted by Crippen LogP contribution is -2.13. The molecule has 0 heterocycles. The number of ether oxygens (including phenoxy) is 1. The van der Waals surface area contributed by atoms with Gasteiger partial charge in [0, 0.05) is 22.8 Å². The smallest absolute Gasteiger partial charge is 0.124 e. The maximum atomic E-state index is 6.15. The SMILES string of the molecule is Clc1ccc(NCc2ccccc2OC2CCCC2)cc1. The Bertz CT molecular complexity index is 576. The van der Waals surface area contributed by atoms with E-state index in [0.717, 1.165) is 23.0 Å². The van der Waals surface area contributed by atoms with Gasteiger partial charge in [-0.15, -0.1) is 0 Å². The van der Waals surface area contributed by atoms with Gasteiger partial charge in [0.2, 0.25) is 0 Å². The molecular formula is C18H20ClNO. The Kier molecular flexibility index (Phi) is 4.66. The van der Waals surface area contributed by atoms with Crippen molar-refractivity contribution >= 4 is 17.3 Å². The molecule has 110 valence electrons. The summed E-state index contributed by atoms with van der Waals surface area (Å²) in [6, 6.07) is 16.0. The topological polar surface area (TPSA) is 21.3 Å². The van der Waals surface area contributed by atoms with Crippen molar-refractivity contribution in [1.82, 2.24) is 0 Å². The number of rotatable bonds is 5. The van der Waals surface area contributed by atoms with Gasteiger partial charge in [0.1, 0.15) is 5.75 Å². The molecule has 1 aliphatic rings. The van der Waals surface area contributed by atoms with Crippen LogP contribution in [0.3, 0.4) is 0 Å². The molecule has 0 saturated heterocycles. The Balaban J connectivity index is 1.65. The van der Waals surface area contributed by atoms with Crippen molar-refractivity contribution in [2.24, 2.45) is 0 Å². The van der Waals surface area contributed by atoms with Crippen LogP contribution < -0.4 is 10.1 Å². The van der Waals surface area contributed by atoms with Crippen LogP contribution in [0.25, 0.3) is 0 Å². The van der Waals surface area contributed by atoms with Gasteiger partial charge in [-0.2, -0.15) is 0 Å². The third-order valence-electron chi connectivity index (χ3n) is 3.90. The van der Waals surface area contributed by atoms with Gasteiger partial charge in [0.05, 0.1) is 6.10 Å². The molecule has 3 rings (SSSR count). The Morgan fingerprint density at radius 1 is 1.00 bits per heavy atom. The molecule has 2 aromatic rings. The number of hydrogen-bond donors (Lipinski definition) is 1. The van der Waals surface area contributed by atoms with Gasteiger partial charge in [-0.25, -0.2) is 0 Å². The van der Waals surface area contributed by atoms with E-state index in [1.807, 2.05) is 30.3 Å². The summed E-state index contributed by atoms with van der Waals surface area (Å²) in [5.41, 5.74) is 2.26. The van der Waals surface area contributed by atoms with Gasteiger partial charge in [-0.05, 0) is 56.0 Å². The molecular weight excluding hydrogens is 282 g/mol. The first-order valence-corrected chi connectivity index (χ1v) is 7.93. The standard InChI is InChI=1S/C18H20ClNO/c19-15-9-11-16(12-10-15)20-13-14-5-1-4-8-18(14)21-17-6-2-3-7-17/h1,4-5,8-12,17,20H,2-3,6-7,13H2. The first kappa shape index (κ1) is 14.3. The van der Waals surface area contributed by atoms with Crippen LogP contribution in [-0.4, -0.2) is 6.10 Å². The number of nitrogens with one attached hydrogen (secondary N) is 1. The molecule has 1 fully saturated rings. The van der Waals surface area contributed by atoms with Gasteiger partial charge >= 0.3 is 0 Å². The fraction of sp³-hybridized carbons (Fsp3) is 0.333. The molecule has 21 heavy (non-hydrogen) atoms. The van der Waals surface area contributed by atoms with Crippen molar-refractivity contribution in [2.75, 3.05) is 5.32 Å². The van der Waals surface area contributed by atoms with Crippen LogP contribution in [0.5, 0.6) is 5.75 Å². The third kappa shape index (κ3) is 3.92. The summed E-state index contributed by atoms with van der Waals surface area (Å²) < 4.78 is 6.15. The zero-order valence-corrected chi connectivity index (χ0v) is 12.8. The molecule has 0 amide bonds. The summed E-state index contributed by atoms with van der Waals surface area (Å²) in [5, 5.41) is 4.17. The molecule has 0 unspecified atom stereocenters. The van der Waals surface area contributed by atoms with Crippen molar-refractivity contribution in [3.05, 3.63) is 59.1 Å². The van der Waals surface area contributed by atoms with E-state index in [2.05, 4.69) is 23.5 Å². The van der Waals surface area contributed by atoms with Crippen LogP contribution in [0.4, 0.5) is 5.69 Å². The minimum atomic E-state index is 0.390. The molecule has 2 nitrogen and oxygen atoms in total. The van der Waals surface area contributed by atoms with Crippen LogP contribution >= 0.6 is 11.6 Å². The second kappa shape index (κ2) is 6.86. The van der Waals surface area contributed by atoms with E-state index in [0.29, 0.717) is 6.10 Å². The largest absolute Gasteiger partial charge is 0.490 e. The first-order valence-electron chi connectivity index (χ1n) is 7.55. The monoisotopic (exact) mass is 301 g/mol. The Hall–Kier alpha value is -1.67. The molecule has 0 spiro atoms. The molecule has 1 N–H and O–H groups in total. The van der Waals surface area contributed by atoms with E-state index in [1.165, 1.54) is 31.2 Å². The van der Waals surface area contributed by atoms with Gasteiger partial charge in [-0.3, -0.25) is 0 Å². The molecule has 0 bridgehead atoms. The van der Waals surface area contributed by atoms with Crippen molar-refractivity contribution in [3.63, 3.8) is 0 Å². The van der Waals surface area contributed by atoms with Gasteiger partial charge in [-0.1, -0.05) is 29.8 Å². The van der Waals surface area contributed by atoms with Crippen LogP contribution in [0.1, 0.15) is 31.2 Å². The highest BCUT2D eigenvalue weighted by molar-refractivity contribution is 6.30. The molecule has 1 aliphatic carbocycles. The molecule has 3 heteroatoms. The predicted molar refractivity (Wildman–Crippen MR) is 88.1 cm³/mol. The van der Waals surface area contributed by atoms with Crippen molar-refractivity contribution < 1.29 is 4.74 Å². The van der Waals surface area contributed by atoms with Crippen LogP contribution in [0, 0.1) is 0 Å². The van der Waals surface area contributed by atoms with Crippen molar-refractivity contribution in [1.29, 1.82) is 0 Å². The zero-order valence-electron chi connectivity index (χ0n) is 12.0. The van der Waals surface area contributed by atoms with E-state index >= 15 is 0 Å². The van der Waals surface area contributed by atoms with Crippen LogP contribution in [0.2, 0.25) is 5.02 Å². The Labute approximate surface area is 131 Å². The number of anilines is 1. The van der Waals surface area contributed by atoms with E-state index in [4.69, 9.17) is 16.3 Å². The van der Waals surface area contributed by atoms with Crippen LogP contribution in [0.15, 0.2) is 48.5 Å². The average molecular weight is 302 g/mol. The van der Waals surface area contributed by atoms with E-state index < -0.39 is 0 Å². The lowest BCUT2D eigenvalue weighted by molar-refractivity contribution is 0.208. The summed E-state index contributed by atoms with van der Waals surface area (Å²) in [5.74, 6) is 1.01. The molecule has 0 aromatic heterocycles. The average Bonchev–Trinajstić information content (AvgIpc) is 3.01. The van der Waals surface area contributed by atoms with Gasteiger partial charge in [0.25, 0.3) is 0 Å². The van der Waals surface area contributed by atoms with E-state index in [-0.39, 0.29) is 0 Å². The summed E-state index contributed by atoms with van der Waals surface area (Å²) >= 11 is 5.90. The minimum absolute atomic E-state index is 0.390. The molecule has 1 saturated carbocycles. The highest BCUT2D eigenvalue weighted by Gasteiger charge is 2.17. The second-order valence-corrected chi connectivity index (χ2v) is 5.93. The summed E-state index contributed by atoms with van der Waals surface area (Å²) in [6.07, 6.45) is 5.32. The third-order valence-corrected chi connectivity index (χ3v) is 4.15. The number of hydrogen-bond acceptors (Lipinski definition) is 2. The second-order valence-electron chi connectivity index (χ2n) is 5.49. The van der Waals surface area contributed by atoms with Gasteiger partial charge < -0.3 is 10.1 Å². The molecule has 0 atom stereocenters. The lowest BCUT2D eigenvalue weighted by Gasteiger charge is -2.17. The lowest BCUT2D eigenvalue weighted by atomic mass is 10.2. The maximum absolute atomic E-state index is 6.15. The van der Waals surface area contributed by atoms with Crippen LogP contribution in [-0.2, 0) is 6.54 Å². The maximum Gasteiger partial charge on any atom is 0.124 e. The first-order chi connectivity index (χ1) is 10.3. The molecule has 2 aromatic carbocycles. The summed E-state index contributed by atoms with van der Waals surface area (Å²) in [6.45, 7) is 0.754. The normalized spacial score (nSPS) is 15.1. The summed E-state index contributed by atoms with van der Waals surface area (Å²) in [4.78, 5) is 0. The fourth-order valence-corrected chi connectivity index (χ4v) is 2.84. The fourth-order valence-electron chi connectivity index (χ4n) is 2.72. The Morgan fingerprint density at radius 2 is 1.71 bits per heavy atom. The Morgan fingerprint density at radius 3 is 2.48 bits per heavy atom. The van der Waals surface area contributed by atoms with Gasteiger partial charge in [0.15, 0.2) is 0 Å². The summed E-state index contributed by atoms with van der Waals surface area (Å²) in [7, 11) is 0.